The summed E-state index contributed by atoms with van der Waals surface area (Å²) in [5.74, 6) is 1.43. The lowest BCUT2D eigenvalue weighted by atomic mass is 9.93. The van der Waals surface area contributed by atoms with Crippen LogP contribution in [0, 0.1) is 11.3 Å². The molecule has 1 aliphatic rings. The van der Waals surface area contributed by atoms with Crippen molar-refractivity contribution in [1.29, 1.82) is 5.41 Å². The van der Waals surface area contributed by atoms with Crippen molar-refractivity contribution in [2.24, 2.45) is 5.92 Å². The van der Waals surface area contributed by atoms with E-state index >= 15 is 0 Å². The van der Waals surface area contributed by atoms with Crippen molar-refractivity contribution < 1.29 is 0 Å². The van der Waals surface area contributed by atoms with Crippen LogP contribution in [0.5, 0.6) is 0 Å². The summed E-state index contributed by atoms with van der Waals surface area (Å²) in [7, 11) is 0. The lowest BCUT2D eigenvalue weighted by Crippen LogP contribution is -2.45. The van der Waals surface area contributed by atoms with Gasteiger partial charge in [0.15, 0.2) is 0 Å². The number of amidine groups is 1. The van der Waals surface area contributed by atoms with Crippen LogP contribution >= 0.6 is 0 Å². The molecular formula is C10H20N2. The maximum atomic E-state index is 7.64. The number of likely N-dealkylation sites (tertiary alicyclic amines) is 1. The standard InChI is InChI=1S/C10H20N2/c1-8(2)10-6-4-5-7-12(10)9(3)11/h8,10-11H,4-7H2,1-3H3. The molecule has 12 heavy (non-hydrogen) atoms. The Labute approximate surface area is 75.5 Å². The van der Waals surface area contributed by atoms with Gasteiger partial charge in [0.05, 0.1) is 5.84 Å². The molecule has 0 aromatic carbocycles. The minimum absolute atomic E-state index is 0.622. The second kappa shape index (κ2) is 3.92. The van der Waals surface area contributed by atoms with Crippen LogP contribution in [0.25, 0.3) is 0 Å². The third kappa shape index (κ3) is 1.99. The second-order valence-electron chi connectivity index (χ2n) is 4.09. The summed E-state index contributed by atoms with van der Waals surface area (Å²) >= 11 is 0. The second-order valence-corrected chi connectivity index (χ2v) is 4.09. The van der Waals surface area contributed by atoms with E-state index in [-0.39, 0.29) is 0 Å². The Morgan fingerprint density at radius 3 is 2.50 bits per heavy atom. The predicted molar refractivity (Wildman–Crippen MR) is 52.6 cm³/mol. The zero-order valence-corrected chi connectivity index (χ0v) is 8.43. The predicted octanol–water partition coefficient (Wildman–Crippen LogP) is 2.49. The number of piperidine rings is 1. The topological polar surface area (TPSA) is 27.1 Å². The van der Waals surface area contributed by atoms with Crippen LogP contribution < -0.4 is 0 Å². The Balaban J connectivity index is 2.60. The number of rotatable bonds is 1. The molecule has 1 N–H and O–H groups in total. The van der Waals surface area contributed by atoms with Gasteiger partial charge in [-0.1, -0.05) is 13.8 Å². The van der Waals surface area contributed by atoms with E-state index in [1.165, 1.54) is 19.3 Å². The highest BCUT2D eigenvalue weighted by atomic mass is 15.2. The van der Waals surface area contributed by atoms with E-state index in [1.807, 2.05) is 6.92 Å². The molecule has 0 bridgehead atoms. The van der Waals surface area contributed by atoms with E-state index in [1.54, 1.807) is 0 Å². The third-order valence-corrected chi connectivity index (χ3v) is 2.75. The Hall–Kier alpha value is -0.530. The molecule has 0 aromatic heterocycles. The molecular weight excluding hydrogens is 148 g/mol. The van der Waals surface area contributed by atoms with Crippen LogP contribution in [0.3, 0.4) is 0 Å². The molecule has 1 unspecified atom stereocenters. The molecule has 0 aromatic rings. The first-order valence-electron chi connectivity index (χ1n) is 4.94. The van der Waals surface area contributed by atoms with Crippen molar-refractivity contribution in [2.75, 3.05) is 6.54 Å². The maximum absolute atomic E-state index is 7.64. The lowest BCUT2D eigenvalue weighted by molar-refractivity contribution is 0.189. The Morgan fingerprint density at radius 1 is 1.42 bits per heavy atom. The molecule has 1 aliphatic heterocycles. The van der Waals surface area contributed by atoms with E-state index in [0.29, 0.717) is 12.0 Å². The molecule has 0 spiro atoms. The van der Waals surface area contributed by atoms with E-state index in [4.69, 9.17) is 5.41 Å². The van der Waals surface area contributed by atoms with Gasteiger partial charge in [0.1, 0.15) is 0 Å². The molecule has 1 atom stereocenters. The summed E-state index contributed by atoms with van der Waals surface area (Å²) in [6, 6.07) is 0.622. The summed E-state index contributed by atoms with van der Waals surface area (Å²) in [6.45, 7) is 7.51. The van der Waals surface area contributed by atoms with Crippen LogP contribution in [-0.4, -0.2) is 23.3 Å². The molecule has 1 heterocycles. The number of nitrogens with one attached hydrogen (secondary N) is 1. The monoisotopic (exact) mass is 168 g/mol. The molecule has 2 heteroatoms. The normalized spacial score (nSPS) is 24.7. The van der Waals surface area contributed by atoms with E-state index < -0.39 is 0 Å². The zero-order valence-electron chi connectivity index (χ0n) is 8.43. The van der Waals surface area contributed by atoms with Crippen molar-refractivity contribution in [3.8, 4) is 0 Å². The Bertz CT molecular complexity index is 163. The lowest BCUT2D eigenvalue weighted by Gasteiger charge is -2.39. The number of nitrogens with zero attached hydrogens (tertiary/aromatic N) is 1. The molecule has 70 valence electrons. The molecule has 0 radical (unpaired) electrons. The summed E-state index contributed by atoms with van der Waals surface area (Å²) < 4.78 is 0. The SMILES string of the molecule is CC(=N)N1CCCCC1C(C)C. The van der Waals surface area contributed by atoms with Gasteiger partial charge in [0, 0.05) is 12.6 Å². The van der Waals surface area contributed by atoms with E-state index in [0.717, 1.165) is 12.4 Å². The van der Waals surface area contributed by atoms with Gasteiger partial charge in [0.25, 0.3) is 0 Å². The first-order chi connectivity index (χ1) is 5.63. The van der Waals surface area contributed by atoms with Gasteiger partial charge >= 0.3 is 0 Å². The molecule has 1 rings (SSSR count). The van der Waals surface area contributed by atoms with Crippen LogP contribution in [0.1, 0.15) is 40.0 Å². The molecule has 1 saturated heterocycles. The molecule has 0 aliphatic carbocycles. The summed E-state index contributed by atoms with van der Waals surface area (Å²) in [6.07, 6.45) is 3.87. The smallest absolute Gasteiger partial charge is 0.0928 e. The van der Waals surface area contributed by atoms with Crippen molar-refractivity contribution in [3.05, 3.63) is 0 Å². The molecule has 0 amide bonds. The minimum Gasteiger partial charge on any atom is -0.358 e. The fourth-order valence-electron chi connectivity index (χ4n) is 2.07. The first-order valence-corrected chi connectivity index (χ1v) is 4.94. The summed E-state index contributed by atoms with van der Waals surface area (Å²) in [5, 5.41) is 7.64. The van der Waals surface area contributed by atoms with Gasteiger partial charge in [-0.3, -0.25) is 5.41 Å². The van der Waals surface area contributed by atoms with Crippen molar-refractivity contribution in [3.63, 3.8) is 0 Å². The third-order valence-electron chi connectivity index (χ3n) is 2.75. The largest absolute Gasteiger partial charge is 0.358 e. The quantitative estimate of drug-likeness (QED) is 0.472. The average Bonchev–Trinajstić information content (AvgIpc) is 2.04. The highest BCUT2D eigenvalue weighted by Crippen LogP contribution is 2.22. The highest BCUT2D eigenvalue weighted by molar-refractivity contribution is 5.76. The van der Waals surface area contributed by atoms with E-state index in [9.17, 15) is 0 Å². The first kappa shape index (κ1) is 9.56. The Kier molecular flexibility index (Phi) is 3.12. The van der Waals surface area contributed by atoms with Gasteiger partial charge in [-0.25, -0.2) is 0 Å². The molecule has 2 nitrogen and oxygen atoms in total. The van der Waals surface area contributed by atoms with Crippen LogP contribution in [0.15, 0.2) is 0 Å². The highest BCUT2D eigenvalue weighted by Gasteiger charge is 2.24. The average molecular weight is 168 g/mol. The minimum atomic E-state index is 0.622. The number of hydrogen-bond acceptors (Lipinski definition) is 1. The van der Waals surface area contributed by atoms with Gasteiger partial charge in [0.2, 0.25) is 0 Å². The summed E-state index contributed by atoms with van der Waals surface area (Å²) in [4.78, 5) is 2.26. The summed E-state index contributed by atoms with van der Waals surface area (Å²) in [5.41, 5.74) is 0. The molecule has 1 fully saturated rings. The van der Waals surface area contributed by atoms with E-state index in [2.05, 4.69) is 18.7 Å². The van der Waals surface area contributed by atoms with Crippen LogP contribution in [0.4, 0.5) is 0 Å². The van der Waals surface area contributed by atoms with Crippen LogP contribution in [0.2, 0.25) is 0 Å². The molecule has 0 saturated carbocycles. The van der Waals surface area contributed by atoms with Gasteiger partial charge in [-0.05, 0) is 32.1 Å². The van der Waals surface area contributed by atoms with Crippen molar-refractivity contribution in [2.45, 2.75) is 46.1 Å². The van der Waals surface area contributed by atoms with Crippen molar-refractivity contribution >= 4 is 5.84 Å². The fourth-order valence-corrected chi connectivity index (χ4v) is 2.07. The van der Waals surface area contributed by atoms with Gasteiger partial charge < -0.3 is 4.90 Å². The number of hydrogen-bond donors (Lipinski definition) is 1. The van der Waals surface area contributed by atoms with Crippen molar-refractivity contribution in [1.82, 2.24) is 4.90 Å². The fraction of sp³-hybridized carbons (Fsp3) is 0.900. The van der Waals surface area contributed by atoms with Gasteiger partial charge in [-0.2, -0.15) is 0 Å². The van der Waals surface area contributed by atoms with Crippen LogP contribution in [-0.2, 0) is 0 Å². The van der Waals surface area contributed by atoms with Gasteiger partial charge in [-0.15, -0.1) is 0 Å². The Morgan fingerprint density at radius 2 is 2.08 bits per heavy atom. The zero-order chi connectivity index (χ0) is 9.14. The maximum Gasteiger partial charge on any atom is 0.0928 e.